The van der Waals surface area contributed by atoms with Crippen LogP contribution in [0, 0.1) is 0 Å². The Bertz CT molecular complexity index is 444. The number of anilines is 1. The van der Waals surface area contributed by atoms with Gasteiger partial charge in [0, 0.05) is 24.8 Å². The van der Waals surface area contributed by atoms with Gasteiger partial charge in [-0.25, -0.2) is 0 Å². The second-order valence-electron chi connectivity index (χ2n) is 5.34. The normalized spacial score (nSPS) is 21.4. The molecule has 1 aliphatic heterocycles. The minimum Gasteiger partial charge on any atom is -0.382 e. The van der Waals surface area contributed by atoms with Crippen LogP contribution in [0.4, 0.5) is 5.69 Å². The lowest BCUT2D eigenvalue weighted by molar-refractivity contribution is -0.133. The molecule has 1 aromatic rings. The molecule has 2 rings (SSSR count). The van der Waals surface area contributed by atoms with Gasteiger partial charge in [-0.3, -0.25) is 4.79 Å². The van der Waals surface area contributed by atoms with Crippen LogP contribution in [-0.2, 0) is 4.79 Å². The van der Waals surface area contributed by atoms with E-state index < -0.39 is 0 Å². The Balaban J connectivity index is 2.26. The van der Waals surface area contributed by atoms with E-state index in [1.165, 1.54) is 0 Å². The zero-order chi connectivity index (χ0) is 13.8. The Kier molecular flexibility index (Phi) is 4.46. The van der Waals surface area contributed by atoms with Crippen molar-refractivity contribution in [1.29, 1.82) is 0 Å². The fourth-order valence-electron chi connectivity index (χ4n) is 2.89. The van der Waals surface area contributed by atoms with Gasteiger partial charge < -0.3 is 10.2 Å². The second-order valence-corrected chi connectivity index (χ2v) is 5.34. The number of amides is 1. The number of carbonyl (C=O) groups is 1. The highest BCUT2D eigenvalue weighted by Crippen LogP contribution is 2.35. The third-order valence-corrected chi connectivity index (χ3v) is 3.81. The summed E-state index contributed by atoms with van der Waals surface area (Å²) in [4.78, 5) is 14.7. The lowest BCUT2D eigenvalue weighted by atomic mass is 9.86. The summed E-state index contributed by atoms with van der Waals surface area (Å²) >= 11 is 0. The first-order chi connectivity index (χ1) is 9.17. The summed E-state index contributed by atoms with van der Waals surface area (Å²) in [6, 6.07) is 8.55. The van der Waals surface area contributed by atoms with Gasteiger partial charge in [0.05, 0.1) is 5.92 Å². The first-order valence-corrected chi connectivity index (χ1v) is 7.31. The van der Waals surface area contributed by atoms with Crippen molar-refractivity contribution >= 4 is 11.6 Å². The third-order valence-electron chi connectivity index (χ3n) is 3.81. The van der Waals surface area contributed by atoms with Crippen LogP contribution in [0.1, 0.15) is 45.1 Å². The van der Waals surface area contributed by atoms with Gasteiger partial charge in [0.1, 0.15) is 0 Å². The highest BCUT2D eigenvalue weighted by molar-refractivity contribution is 5.86. The topological polar surface area (TPSA) is 32.3 Å². The monoisotopic (exact) mass is 260 g/mol. The smallest absolute Gasteiger partial charge is 0.230 e. The highest BCUT2D eigenvalue weighted by Gasteiger charge is 2.31. The molecule has 0 bridgehead atoms. The van der Waals surface area contributed by atoms with Gasteiger partial charge in [-0.05, 0) is 38.3 Å². The first kappa shape index (κ1) is 13.9. The Hall–Kier alpha value is -1.51. The van der Waals surface area contributed by atoms with E-state index in [0.717, 1.165) is 37.2 Å². The number of hydrogen-bond acceptors (Lipinski definition) is 2. The van der Waals surface area contributed by atoms with Crippen LogP contribution in [0.25, 0.3) is 0 Å². The Labute approximate surface area is 116 Å². The van der Waals surface area contributed by atoms with Crippen LogP contribution >= 0.6 is 0 Å². The number of para-hydroxylation sites is 1. The molecular formula is C16H24N2O. The molecule has 19 heavy (non-hydrogen) atoms. The van der Waals surface area contributed by atoms with Crippen LogP contribution in [-0.4, -0.2) is 29.9 Å². The fourth-order valence-corrected chi connectivity index (χ4v) is 2.89. The molecule has 3 nitrogen and oxygen atoms in total. The molecule has 0 saturated carbocycles. The molecule has 1 N–H and O–H groups in total. The van der Waals surface area contributed by atoms with Gasteiger partial charge in [0.15, 0.2) is 0 Å². The van der Waals surface area contributed by atoms with Crippen molar-refractivity contribution in [2.45, 2.75) is 45.6 Å². The number of likely N-dealkylation sites (N-methyl/N-ethyl adjacent to an activating group) is 1. The van der Waals surface area contributed by atoms with E-state index in [9.17, 15) is 4.79 Å². The zero-order valence-corrected chi connectivity index (χ0v) is 12.1. The molecule has 0 saturated heterocycles. The largest absolute Gasteiger partial charge is 0.382 e. The summed E-state index contributed by atoms with van der Waals surface area (Å²) in [5, 5.41) is 3.46. The number of benzene rings is 1. The van der Waals surface area contributed by atoms with Gasteiger partial charge in [-0.1, -0.05) is 25.1 Å². The molecule has 104 valence electrons. The van der Waals surface area contributed by atoms with E-state index in [0.29, 0.717) is 6.04 Å². The van der Waals surface area contributed by atoms with Crippen molar-refractivity contribution in [2.75, 3.05) is 18.4 Å². The number of carbonyl (C=O) groups excluding carboxylic acids is 1. The molecule has 1 heterocycles. The third kappa shape index (κ3) is 2.91. The van der Waals surface area contributed by atoms with E-state index in [1.54, 1.807) is 0 Å². The van der Waals surface area contributed by atoms with E-state index in [-0.39, 0.29) is 11.8 Å². The minimum absolute atomic E-state index is 0.0129. The molecule has 0 spiro atoms. The number of nitrogens with one attached hydrogen (secondary N) is 1. The standard InChI is InChI=1S/C16H24N2O/c1-4-10-18(5-2)16(19)14-11-12(3)17-15-9-7-6-8-13(14)15/h6-9,12,14,17H,4-5,10-11H2,1-3H3. The molecule has 0 aliphatic carbocycles. The zero-order valence-electron chi connectivity index (χ0n) is 12.1. The SMILES string of the molecule is CCCN(CC)C(=O)C1CC(C)Nc2ccccc21. The summed E-state index contributed by atoms with van der Waals surface area (Å²) in [5.41, 5.74) is 2.27. The van der Waals surface area contributed by atoms with Crippen molar-refractivity contribution < 1.29 is 4.79 Å². The molecule has 2 unspecified atom stereocenters. The van der Waals surface area contributed by atoms with E-state index in [1.807, 2.05) is 17.0 Å². The van der Waals surface area contributed by atoms with Gasteiger partial charge in [-0.2, -0.15) is 0 Å². The summed E-state index contributed by atoms with van der Waals surface area (Å²) in [5.74, 6) is 0.295. The quantitative estimate of drug-likeness (QED) is 0.901. The van der Waals surface area contributed by atoms with Crippen LogP contribution < -0.4 is 5.32 Å². The summed E-state index contributed by atoms with van der Waals surface area (Å²) in [6.07, 6.45) is 1.90. The van der Waals surface area contributed by atoms with Gasteiger partial charge in [-0.15, -0.1) is 0 Å². The average Bonchev–Trinajstić information content (AvgIpc) is 2.43. The van der Waals surface area contributed by atoms with Crippen LogP contribution in [0.5, 0.6) is 0 Å². The van der Waals surface area contributed by atoms with Crippen LogP contribution in [0.15, 0.2) is 24.3 Å². The second kappa shape index (κ2) is 6.09. The van der Waals surface area contributed by atoms with Gasteiger partial charge in [0.25, 0.3) is 0 Å². The fraction of sp³-hybridized carbons (Fsp3) is 0.562. The summed E-state index contributed by atoms with van der Waals surface area (Å²) in [6.45, 7) is 7.98. The Morgan fingerprint density at radius 1 is 1.37 bits per heavy atom. The number of rotatable bonds is 4. The predicted molar refractivity (Wildman–Crippen MR) is 79.4 cm³/mol. The predicted octanol–water partition coefficient (Wildman–Crippen LogP) is 3.23. The lowest BCUT2D eigenvalue weighted by Crippen LogP contribution is -2.39. The minimum atomic E-state index is 0.0129. The Morgan fingerprint density at radius 2 is 2.11 bits per heavy atom. The van der Waals surface area contributed by atoms with Crippen molar-refractivity contribution in [3.05, 3.63) is 29.8 Å². The highest BCUT2D eigenvalue weighted by atomic mass is 16.2. The molecule has 0 fully saturated rings. The number of nitrogens with zero attached hydrogens (tertiary/aromatic N) is 1. The molecular weight excluding hydrogens is 236 g/mol. The van der Waals surface area contributed by atoms with E-state index in [4.69, 9.17) is 0 Å². The molecule has 0 radical (unpaired) electrons. The molecule has 2 atom stereocenters. The molecule has 3 heteroatoms. The maximum absolute atomic E-state index is 12.7. The maximum atomic E-state index is 12.7. The number of fused-ring (bicyclic) bond motifs is 1. The Morgan fingerprint density at radius 3 is 2.79 bits per heavy atom. The van der Waals surface area contributed by atoms with Gasteiger partial charge in [0.2, 0.25) is 5.91 Å². The van der Waals surface area contributed by atoms with E-state index >= 15 is 0 Å². The van der Waals surface area contributed by atoms with Crippen LogP contribution in [0.3, 0.4) is 0 Å². The average molecular weight is 260 g/mol. The number of hydrogen-bond donors (Lipinski definition) is 1. The summed E-state index contributed by atoms with van der Waals surface area (Å²) in [7, 11) is 0. The molecule has 1 aromatic carbocycles. The van der Waals surface area contributed by atoms with Crippen molar-refractivity contribution in [3.8, 4) is 0 Å². The molecule has 1 aliphatic rings. The maximum Gasteiger partial charge on any atom is 0.230 e. The molecule has 1 amide bonds. The van der Waals surface area contributed by atoms with Crippen molar-refractivity contribution in [2.24, 2.45) is 0 Å². The molecule has 0 aromatic heterocycles. The van der Waals surface area contributed by atoms with E-state index in [2.05, 4.69) is 38.2 Å². The van der Waals surface area contributed by atoms with Crippen molar-refractivity contribution in [3.63, 3.8) is 0 Å². The summed E-state index contributed by atoms with van der Waals surface area (Å²) < 4.78 is 0. The van der Waals surface area contributed by atoms with Crippen molar-refractivity contribution in [1.82, 2.24) is 4.90 Å². The van der Waals surface area contributed by atoms with Crippen LogP contribution in [0.2, 0.25) is 0 Å². The van der Waals surface area contributed by atoms with Gasteiger partial charge >= 0.3 is 0 Å². The first-order valence-electron chi connectivity index (χ1n) is 7.31. The lowest BCUT2D eigenvalue weighted by Gasteiger charge is -2.33.